The molecule has 0 bridgehead atoms. The van der Waals surface area contributed by atoms with E-state index >= 15 is 0 Å². The Balaban J connectivity index is 1.72. The Morgan fingerprint density at radius 1 is 0.576 bits per heavy atom. The van der Waals surface area contributed by atoms with Crippen molar-refractivity contribution in [3.05, 3.63) is 53.6 Å². The minimum Gasteiger partial charge on any atom is -0.335 e. The molecule has 0 atom stereocenters. The van der Waals surface area contributed by atoms with Gasteiger partial charge in [0, 0.05) is 19.2 Å². The molecule has 1 aromatic heterocycles. The molecular weight excluding hydrogens is 400 g/mol. The molecule has 0 radical (unpaired) electrons. The van der Waals surface area contributed by atoms with E-state index in [2.05, 4.69) is 54.9 Å². The Morgan fingerprint density at radius 3 is 1.79 bits per heavy atom. The van der Waals surface area contributed by atoms with Gasteiger partial charge >= 0.3 is 0 Å². The van der Waals surface area contributed by atoms with Gasteiger partial charge in [-0.15, -0.1) is 0 Å². The van der Waals surface area contributed by atoms with Crippen LogP contribution in [0.2, 0.25) is 0 Å². The first-order valence-corrected chi connectivity index (χ1v) is 14.4. The summed E-state index contributed by atoms with van der Waals surface area (Å²) in [6.45, 7) is 5.75. The maximum atomic E-state index is 5.09. The lowest BCUT2D eigenvalue weighted by Gasteiger charge is -2.08. The number of nitrogens with zero attached hydrogens (tertiary/aromatic N) is 2. The molecule has 0 N–H and O–H groups in total. The molecule has 1 aromatic carbocycles. The SMILES string of the molecule is CCCCCCCCCCCCn1cc(CCCc2ccccc2)nc1CCCCCCC. The molecule has 0 aliphatic rings. The zero-order valence-electron chi connectivity index (χ0n) is 22.0. The van der Waals surface area contributed by atoms with E-state index in [9.17, 15) is 0 Å². The van der Waals surface area contributed by atoms with Crippen LogP contribution in [-0.4, -0.2) is 9.55 Å². The van der Waals surface area contributed by atoms with Crippen LogP contribution in [0.15, 0.2) is 36.5 Å². The van der Waals surface area contributed by atoms with Crippen molar-refractivity contribution in [2.24, 2.45) is 0 Å². The Kier molecular flexibility index (Phi) is 15.8. The van der Waals surface area contributed by atoms with Gasteiger partial charge in [-0.3, -0.25) is 0 Å². The summed E-state index contributed by atoms with van der Waals surface area (Å²) in [5.41, 5.74) is 2.75. The van der Waals surface area contributed by atoms with E-state index in [1.54, 1.807) is 0 Å². The molecule has 186 valence electrons. The van der Waals surface area contributed by atoms with Gasteiger partial charge in [0.1, 0.15) is 5.82 Å². The summed E-state index contributed by atoms with van der Waals surface area (Å²) in [6, 6.07) is 10.9. The van der Waals surface area contributed by atoms with Crippen molar-refractivity contribution in [2.75, 3.05) is 0 Å². The van der Waals surface area contributed by atoms with Crippen molar-refractivity contribution in [2.45, 2.75) is 142 Å². The summed E-state index contributed by atoms with van der Waals surface area (Å²) in [7, 11) is 0. The van der Waals surface area contributed by atoms with Crippen LogP contribution in [0.1, 0.15) is 134 Å². The van der Waals surface area contributed by atoms with E-state index in [1.165, 1.54) is 120 Å². The molecule has 2 rings (SSSR count). The number of aromatic nitrogens is 2. The van der Waals surface area contributed by atoms with Gasteiger partial charge in [-0.25, -0.2) is 4.98 Å². The highest BCUT2D eigenvalue weighted by Gasteiger charge is 2.08. The smallest absolute Gasteiger partial charge is 0.108 e. The van der Waals surface area contributed by atoms with E-state index < -0.39 is 0 Å². The van der Waals surface area contributed by atoms with E-state index in [0.717, 1.165) is 25.8 Å². The minimum atomic E-state index is 1.10. The van der Waals surface area contributed by atoms with Gasteiger partial charge in [-0.05, 0) is 37.7 Å². The third kappa shape index (κ3) is 13.0. The minimum absolute atomic E-state index is 1.10. The monoisotopic (exact) mass is 452 g/mol. The van der Waals surface area contributed by atoms with Crippen LogP contribution in [0.4, 0.5) is 0 Å². The molecule has 0 unspecified atom stereocenters. The zero-order chi connectivity index (χ0) is 23.4. The summed E-state index contributed by atoms with van der Waals surface area (Å²) >= 11 is 0. The molecular formula is C31H52N2. The summed E-state index contributed by atoms with van der Waals surface area (Å²) in [4.78, 5) is 5.09. The Labute approximate surface area is 205 Å². The van der Waals surface area contributed by atoms with Crippen molar-refractivity contribution in [3.8, 4) is 0 Å². The first-order chi connectivity index (χ1) is 16.3. The van der Waals surface area contributed by atoms with Gasteiger partial charge in [-0.1, -0.05) is 128 Å². The molecule has 2 heteroatoms. The average molecular weight is 453 g/mol. The highest BCUT2D eigenvalue weighted by Crippen LogP contribution is 2.15. The molecule has 0 aliphatic heterocycles. The number of benzene rings is 1. The lowest BCUT2D eigenvalue weighted by atomic mass is 10.1. The standard InChI is InChI=1S/C31H52N2/c1-3-5-7-9-10-11-12-13-15-20-27-33-28-30(25-21-24-29-22-17-16-18-23-29)32-31(33)26-19-14-8-6-4-2/h16-18,22-23,28H,3-15,19-21,24-27H2,1-2H3. The van der Waals surface area contributed by atoms with Crippen LogP contribution in [0, 0.1) is 0 Å². The second-order valence-electron chi connectivity index (χ2n) is 10.0. The van der Waals surface area contributed by atoms with Gasteiger partial charge < -0.3 is 4.57 Å². The molecule has 0 saturated heterocycles. The molecule has 2 nitrogen and oxygen atoms in total. The van der Waals surface area contributed by atoms with E-state index in [1.807, 2.05) is 0 Å². The van der Waals surface area contributed by atoms with Crippen LogP contribution < -0.4 is 0 Å². The summed E-state index contributed by atoms with van der Waals surface area (Å²) in [6.07, 6.45) is 27.7. The number of aryl methyl sites for hydroxylation is 4. The maximum absolute atomic E-state index is 5.09. The Bertz CT molecular complexity index is 688. The summed E-state index contributed by atoms with van der Waals surface area (Å²) in [5.74, 6) is 1.34. The van der Waals surface area contributed by atoms with Crippen molar-refractivity contribution >= 4 is 0 Å². The second-order valence-corrected chi connectivity index (χ2v) is 10.0. The predicted molar refractivity (Wildman–Crippen MR) is 145 cm³/mol. The highest BCUT2D eigenvalue weighted by molar-refractivity contribution is 5.15. The van der Waals surface area contributed by atoms with Crippen molar-refractivity contribution in [1.29, 1.82) is 0 Å². The van der Waals surface area contributed by atoms with Crippen LogP contribution in [0.25, 0.3) is 0 Å². The van der Waals surface area contributed by atoms with Crippen molar-refractivity contribution in [1.82, 2.24) is 9.55 Å². The molecule has 1 heterocycles. The molecule has 0 amide bonds. The van der Waals surface area contributed by atoms with Crippen LogP contribution in [-0.2, 0) is 25.8 Å². The zero-order valence-corrected chi connectivity index (χ0v) is 22.0. The van der Waals surface area contributed by atoms with Crippen LogP contribution >= 0.6 is 0 Å². The van der Waals surface area contributed by atoms with Gasteiger partial charge in [0.2, 0.25) is 0 Å². The predicted octanol–water partition coefficient (Wildman–Crippen LogP) is 9.49. The first-order valence-electron chi connectivity index (χ1n) is 14.4. The van der Waals surface area contributed by atoms with E-state index in [4.69, 9.17) is 4.98 Å². The fourth-order valence-electron chi connectivity index (χ4n) is 4.80. The van der Waals surface area contributed by atoms with E-state index in [-0.39, 0.29) is 0 Å². The normalized spacial score (nSPS) is 11.3. The Morgan fingerprint density at radius 2 is 1.15 bits per heavy atom. The average Bonchev–Trinajstić information content (AvgIpc) is 3.22. The van der Waals surface area contributed by atoms with Crippen molar-refractivity contribution in [3.63, 3.8) is 0 Å². The van der Waals surface area contributed by atoms with Gasteiger partial charge in [0.05, 0.1) is 5.69 Å². The fourth-order valence-corrected chi connectivity index (χ4v) is 4.80. The largest absolute Gasteiger partial charge is 0.335 e. The number of rotatable bonds is 21. The summed E-state index contributed by atoms with van der Waals surface area (Å²) in [5, 5.41) is 0. The molecule has 0 spiro atoms. The third-order valence-electron chi connectivity index (χ3n) is 6.91. The third-order valence-corrected chi connectivity index (χ3v) is 6.91. The summed E-state index contributed by atoms with van der Waals surface area (Å²) < 4.78 is 2.50. The number of imidazole rings is 1. The van der Waals surface area contributed by atoms with Crippen molar-refractivity contribution < 1.29 is 0 Å². The molecule has 0 aliphatic carbocycles. The number of hydrogen-bond donors (Lipinski definition) is 0. The molecule has 0 fully saturated rings. The van der Waals surface area contributed by atoms with Gasteiger partial charge in [-0.2, -0.15) is 0 Å². The number of hydrogen-bond acceptors (Lipinski definition) is 1. The topological polar surface area (TPSA) is 17.8 Å². The lowest BCUT2D eigenvalue weighted by Crippen LogP contribution is -2.03. The molecule has 33 heavy (non-hydrogen) atoms. The lowest BCUT2D eigenvalue weighted by molar-refractivity contribution is 0.523. The first kappa shape index (κ1) is 27.7. The quantitative estimate of drug-likeness (QED) is 0.172. The Hall–Kier alpha value is -1.57. The molecule has 2 aromatic rings. The fraction of sp³-hybridized carbons (Fsp3) is 0.710. The van der Waals surface area contributed by atoms with E-state index in [0.29, 0.717) is 0 Å². The van der Waals surface area contributed by atoms with Crippen LogP contribution in [0.5, 0.6) is 0 Å². The van der Waals surface area contributed by atoms with Gasteiger partial charge in [0.15, 0.2) is 0 Å². The van der Waals surface area contributed by atoms with Crippen LogP contribution in [0.3, 0.4) is 0 Å². The maximum Gasteiger partial charge on any atom is 0.108 e. The number of unbranched alkanes of at least 4 members (excludes halogenated alkanes) is 13. The molecule has 0 saturated carbocycles. The second kappa shape index (κ2) is 18.8. The highest BCUT2D eigenvalue weighted by atomic mass is 15.1. The van der Waals surface area contributed by atoms with Gasteiger partial charge in [0.25, 0.3) is 0 Å².